The molecule has 0 atom stereocenters. The van der Waals surface area contributed by atoms with E-state index in [-0.39, 0.29) is 0 Å². The molecule has 0 saturated heterocycles. The van der Waals surface area contributed by atoms with E-state index in [0.29, 0.717) is 0 Å². The molecular weight excluding hydrogens is 605 g/mol. The smallest absolute Gasteiger partial charge is 0.0973 e. The Labute approximate surface area is 292 Å². The lowest BCUT2D eigenvalue weighted by Gasteiger charge is -2.28. The minimum absolute atomic E-state index is 0.963. The molecule has 0 bridgehead atoms. The minimum Gasteiger partial charge on any atom is -0.251 e. The summed E-state index contributed by atoms with van der Waals surface area (Å²) in [6, 6.07) is 44.8. The first-order valence-electron chi connectivity index (χ1n) is 17.8. The minimum atomic E-state index is 0.963. The van der Waals surface area contributed by atoms with Gasteiger partial charge in [-0.3, -0.25) is 9.97 Å². The van der Waals surface area contributed by atoms with Crippen LogP contribution in [0.2, 0.25) is 0 Å². The highest BCUT2D eigenvalue weighted by Crippen LogP contribution is 2.48. The summed E-state index contributed by atoms with van der Waals surface area (Å²) in [4.78, 5) is 10.1. The average molecular weight is 641 g/mol. The molecule has 0 saturated carbocycles. The summed E-state index contributed by atoms with van der Waals surface area (Å²) < 4.78 is 0. The summed E-state index contributed by atoms with van der Waals surface area (Å²) in [7, 11) is 0. The predicted molar refractivity (Wildman–Crippen MR) is 212 cm³/mol. The average Bonchev–Trinajstić information content (AvgIpc) is 3.16. The maximum absolute atomic E-state index is 5.08. The molecule has 0 N–H and O–H groups in total. The lowest BCUT2D eigenvalue weighted by atomic mass is 9.75. The van der Waals surface area contributed by atoms with Gasteiger partial charge in [-0.25, -0.2) is 0 Å². The third kappa shape index (κ3) is 4.63. The topological polar surface area (TPSA) is 25.8 Å². The van der Waals surface area contributed by atoms with E-state index in [1.807, 2.05) is 0 Å². The van der Waals surface area contributed by atoms with Crippen LogP contribution in [0.15, 0.2) is 121 Å². The molecule has 2 aromatic heterocycles. The highest BCUT2D eigenvalue weighted by Gasteiger charge is 2.27. The van der Waals surface area contributed by atoms with Gasteiger partial charge in [0.25, 0.3) is 0 Å². The Kier molecular flexibility index (Phi) is 6.61. The highest BCUT2D eigenvalue weighted by molar-refractivity contribution is 6.13. The maximum Gasteiger partial charge on any atom is 0.0973 e. The molecule has 2 nitrogen and oxygen atoms in total. The van der Waals surface area contributed by atoms with Crippen molar-refractivity contribution in [3.63, 3.8) is 0 Å². The Bertz CT molecular complexity index is 2780. The van der Waals surface area contributed by atoms with E-state index in [0.717, 1.165) is 53.5 Å². The fourth-order valence-corrected chi connectivity index (χ4v) is 8.66. The Balaban J connectivity index is 1.28. The normalized spacial score (nSPS) is 14.1. The number of pyridine rings is 2. The van der Waals surface area contributed by atoms with Crippen molar-refractivity contribution in [1.29, 1.82) is 0 Å². The molecule has 0 fully saturated rings. The second kappa shape index (κ2) is 11.4. The van der Waals surface area contributed by atoms with E-state index < -0.39 is 0 Å². The Hall–Kier alpha value is -5.86. The van der Waals surface area contributed by atoms with Gasteiger partial charge in [0.15, 0.2) is 0 Å². The van der Waals surface area contributed by atoms with Crippen molar-refractivity contribution in [2.24, 2.45) is 0 Å². The van der Waals surface area contributed by atoms with Gasteiger partial charge in [0, 0.05) is 22.2 Å². The first-order chi connectivity index (χ1) is 24.6. The van der Waals surface area contributed by atoms with E-state index in [1.54, 1.807) is 0 Å². The van der Waals surface area contributed by atoms with Crippen LogP contribution in [-0.2, 0) is 12.8 Å². The zero-order valence-corrected chi connectivity index (χ0v) is 28.4. The van der Waals surface area contributed by atoms with Crippen molar-refractivity contribution in [1.82, 2.24) is 9.97 Å². The summed E-state index contributed by atoms with van der Waals surface area (Å²) in [5.41, 5.74) is 17.8. The van der Waals surface area contributed by atoms with Gasteiger partial charge in [0.2, 0.25) is 0 Å². The molecule has 50 heavy (non-hydrogen) atoms. The fourth-order valence-electron chi connectivity index (χ4n) is 8.66. The van der Waals surface area contributed by atoms with E-state index in [2.05, 4.69) is 147 Å². The predicted octanol–water partition coefficient (Wildman–Crippen LogP) is 12.3. The first kappa shape index (κ1) is 29.1. The van der Waals surface area contributed by atoms with Crippen LogP contribution in [0.4, 0.5) is 0 Å². The molecule has 0 amide bonds. The van der Waals surface area contributed by atoms with Crippen molar-refractivity contribution in [2.45, 2.75) is 39.5 Å². The van der Waals surface area contributed by atoms with Crippen LogP contribution in [0.5, 0.6) is 0 Å². The Morgan fingerprint density at radius 3 is 2.10 bits per heavy atom. The van der Waals surface area contributed by atoms with Crippen molar-refractivity contribution in [3.8, 4) is 11.1 Å². The molecule has 0 spiro atoms. The monoisotopic (exact) mass is 640 g/mol. The van der Waals surface area contributed by atoms with Crippen LogP contribution in [-0.4, -0.2) is 9.97 Å². The third-order valence-corrected chi connectivity index (χ3v) is 11.0. The molecule has 238 valence electrons. The van der Waals surface area contributed by atoms with Crippen molar-refractivity contribution >= 4 is 66.6 Å². The highest BCUT2D eigenvalue weighted by atomic mass is 14.8. The zero-order chi connectivity index (χ0) is 33.3. The van der Waals surface area contributed by atoms with Crippen LogP contribution in [0.25, 0.3) is 77.8 Å². The van der Waals surface area contributed by atoms with E-state index >= 15 is 0 Å². The van der Waals surface area contributed by atoms with Gasteiger partial charge in [-0.15, -0.1) is 0 Å². The Morgan fingerprint density at radius 2 is 1.20 bits per heavy atom. The molecule has 2 aliphatic carbocycles. The maximum atomic E-state index is 5.08. The molecule has 6 aromatic carbocycles. The summed E-state index contributed by atoms with van der Waals surface area (Å²) in [5.74, 6) is 0. The number of rotatable bonds is 3. The summed E-state index contributed by atoms with van der Waals surface area (Å²) in [5, 5.41) is 7.54. The van der Waals surface area contributed by atoms with Gasteiger partial charge < -0.3 is 0 Å². The van der Waals surface area contributed by atoms with Gasteiger partial charge in [0.05, 0.1) is 11.0 Å². The number of benzene rings is 6. The SMILES string of the molecule is Cc1ccc2ccc3c(C4=Cc5c(c(-c6ccc7ccccc7c6)c6ccccc6c5C5=Cc6ccccc6CC5)CC4)cc(C)nc3c2n1. The van der Waals surface area contributed by atoms with Gasteiger partial charge >= 0.3 is 0 Å². The van der Waals surface area contributed by atoms with Crippen LogP contribution in [0, 0.1) is 13.8 Å². The van der Waals surface area contributed by atoms with Gasteiger partial charge in [-0.05, 0) is 135 Å². The molecule has 2 heterocycles. The van der Waals surface area contributed by atoms with Crippen molar-refractivity contribution < 1.29 is 0 Å². The van der Waals surface area contributed by atoms with Crippen LogP contribution < -0.4 is 0 Å². The fraction of sp³-hybridized carbons (Fsp3) is 0.125. The molecule has 2 aliphatic rings. The van der Waals surface area contributed by atoms with E-state index in [1.165, 1.54) is 82.6 Å². The van der Waals surface area contributed by atoms with Crippen molar-refractivity contribution in [3.05, 3.63) is 166 Å². The second-order valence-corrected chi connectivity index (χ2v) is 14.1. The standard InChI is InChI=1S/C48H36N2/c1-29-15-16-33-21-24-42-43(25-30(2)50-48(42)47(33)49-29)36-22-23-41-44(28-36)46(38-20-18-32-10-4-6-12-35(32)27-38)40-14-8-7-13-39(40)45(41)37-19-17-31-9-3-5-11-34(31)26-37/h3-17,19,21,24-28H,18,20,22-23H2,1-2H3. The van der Waals surface area contributed by atoms with Crippen LogP contribution in [0.3, 0.4) is 0 Å². The molecule has 0 radical (unpaired) electrons. The quantitative estimate of drug-likeness (QED) is 0.180. The number of hydrogen-bond acceptors (Lipinski definition) is 2. The van der Waals surface area contributed by atoms with E-state index in [4.69, 9.17) is 9.97 Å². The molecule has 2 heteroatoms. The van der Waals surface area contributed by atoms with Crippen LogP contribution in [0.1, 0.15) is 57.6 Å². The number of nitrogens with zero attached hydrogens (tertiary/aromatic N) is 2. The molecule has 8 aromatic rings. The van der Waals surface area contributed by atoms with Gasteiger partial charge in [0.1, 0.15) is 0 Å². The molecule has 10 rings (SSSR count). The second-order valence-electron chi connectivity index (χ2n) is 14.1. The lowest BCUT2D eigenvalue weighted by Crippen LogP contribution is -2.09. The Morgan fingerprint density at radius 1 is 0.480 bits per heavy atom. The van der Waals surface area contributed by atoms with Crippen LogP contribution >= 0.6 is 0 Å². The van der Waals surface area contributed by atoms with E-state index in [9.17, 15) is 0 Å². The number of aryl methyl sites for hydroxylation is 3. The van der Waals surface area contributed by atoms with Crippen molar-refractivity contribution in [2.75, 3.05) is 0 Å². The molecular formula is C48H36N2. The number of fused-ring (bicyclic) bond motifs is 7. The summed E-state index contributed by atoms with van der Waals surface area (Å²) >= 11 is 0. The molecule has 0 unspecified atom stereocenters. The number of allylic oxidation sites excluding steroid dienone is 2. The van der Waals surface area contributed by atoms with Gasteiger partial charge in [-0.2, -0.15) is 0 Å². The first-order valence-corrected chi connectivity index (χ1v) is 17.8. The largest absolute Gasteiger partial charge is 0.251 e. The number of hydrogen-bond donors (Lipinski definition) is 0. The third-order valence-electron chi connectivity index (χ3n) is 11.0. The number of aromatic nitrogens is 2. The van der Waals surface area contributed by atoms with Gasteiger partial charge in [-0.1, -0.05) is 115 Å². The lowest BCUT2D eigenvalue weighted by molar-refractivity contribution is 0.989. The molecule has 0 aliphatic heterocycles. The zero-order valence-electron chi connectivity index (χ0n) is 28.4. The summed E-state index contributed by atoms with van der Waals surface area (Å²) in [6.07, 6.45) is 9.02. The summed E-state index contributed by atoms with van der Waals surface area (Å²) in [6.45, 7) is 4.18.